The first-order chi connectivity index (χ1) is 17.3. The van der Waals surface area contributed by atoms with Crippen molar-refractivity contribution in [2.24, 2.45) is 0 Å². The molecule has 1 spiro atoms. The molecule has 2 saturated heterocycles. The monoisotopic (exact) mass is 493 g/mol. The predicted molar refractivity (Wildman–Crippen MR) is 134 cm³/mol. The Hall–Kier alpha value is -3.95. The standard InChI is InChI=1S/C26H31N5O5/c1-3-27(4-2)23(32)18-29-19-30(21-8-6-5-7-9-21)26(25(29)34)14-16-28(17-15-26)24(33)20-10-12-22(13-11-20)31(35)36/h5-13H,3-4,14-19H2,1-2H3. The molecule has 190 valence electrons. The van der Waals surface area contributed by atoms with E-state index in [1.807, 2.05) is 44.2 Å². The van der Waals surface area contributed by atoms with E-state index in [4.69, 9.17) is 0 Å². The normalized spacial score (nSPS) is 16.9. The number of rotatable bonds is 7. The van der Waals surface area contributed by atoms with Crippen molar-refractivity contribution in [2.75, 3.05) is 44.3 Å². The number of amides is 3. The lowest BCUT2D eigenvalue weighted by atomic mass is 9.85. The highest BCUT2D eigenvalue weighted by Crippen LogP contribution is 2.39. The maximum absolute atomic E-state index is 13.8. The Kier molecular flexibility index (Phi) is 7.23. The molecule has 3 amide bonds. The molecule has 0 unspecified atom stereocenters. The van der Waals surface area contributed by atoms with E-state index in [-0.39, 0.29) is 30.0 Å². The van der Waals surface area contributed by atoms with Gasteiger partial charge in [0.25, 0.3) is 17.5 Å². The first-order valence-electron chi connectivity index (χ1n) is 12.2. The van der Waals surface area contributed by atoms with Crippen LogP contribution in [0.4, 0.5) is 11.4 Å². The molecule has 0 aromatic heterocycles. The van der Waals surface area contributed by atoms with Gasteiger partial charge in [0.15, 0.2) is 0 Å². The molecule has 0 N–H and O–H groups in total. The summed E-state index contributed by atoms with van der Waals surface area (Å²) in [5.41, 5.74) is 0.370. The number of para-hydroxylation sites is 1. The van der Waals surface area contributed by atoms with Gasteiger partial charge in [0.1, 0.15) is 12.1 Å². The minimum Gasteiger partial charge on any atom is -0.342 e. The Morgan fingerprint density at radius 3 is 2.17 bits per heavy atom. The average molecular weight is 494 g/mol. The molecule has 2 aliphatic rings. The third-order valence-corrected chi connectivity index (χ3v) is 7.23. The Labute approximate surface area is 210 Å². The summed E-state index contributed by atoms with van der Waals surface area (Å²) >= 11 is 0. The second kappa shape index (κ2) is 10.3. The zero-order valence-electron chi connectivity index (χ0n) is 20.6. The number of non-ortho nitro benzene ring substituents is 1. The summed E-state index contributed by atoms with van der Waals surface area (Å²) in [5.74, 6) is -0.386. The maximum Gasteiger partial charge on any atom is 0.269 e. The second-order valence-corrected chi connectivity index (χ2v) is 9.10. The zero-order valence-corrected chi connectivity index (χ0v) is 20.6. The van der Waals surface area contributed by atoms with E-state index in [1.54, 1.807) is 14.7 Å². The van der Waals surface area contributed by atoms with Gasteiger partial charge in [0.05, 0.1) is 11.6 Å². The van der Waals surface area contributed by atoms with Crippen LogP contribution in [-0.2, 0) is 9.59 Å². The molecule has 10 nitrogen and oxygen atoms in total. The summed E-state index contributed by atoms with van der Waals surface area (Å²) < 4.78 is 0. The van der Waals surface area contributed by atoms with Crippen molar-refractivity contribution in [1.82, 2.24) is 14.7 Å². The van der Waals surface area contributed by atoms with E-state index in [0.717, 1.165) is 5.69 Å². The van der Waals surface area contributed by atoms with Gasteiger partial charge in [-0.1, -0.05) is 18.2 Å². The molecule has 0 radical (unpaired) electrons. The predicted octanol–water partition coefficient (Wildman–Crippen LogP) is 2.74. The smallest absolute Gasteiger partial charge is 0.269 e. The number of carbonyl (C=O) groups is 3. The van der Waals surface area contributed by atoms with Crippen molar-refractivity contribution >= 4 is 29.1 Å². The van der Waals surface area contributed by atoms with Crippen molar-refractivity contribution in [2.45, 2.75) is 32.2 Å². The molecule has 0 aliphatic carbocycles. The van der Waals surface area contributed by atoms with Gasteiger partial charge in [-0.05, 0) is 51.0 Å². The summed E-state index contributed by atoms with van der Waals surface area (Å²) in [7, 11) is 0. The van der Waals surface area contributed by atoms with Crippen LogP contribution in [0.5, 0.6) is 0 Å². The van der Waals surface area contributed by atoms with Crippen LogP contribution in [0.3, 0.4) is 0 Å². The lowest BCUT2D eigenvalue weighted by Gasteiger charge is -2.43. The van der Waals surface area contributed by atoms with Gasteiger partial charge in [0, 0.05) is 49.6 Å². The molecule has 10 heteroatoms. The number of carbonyl (C=O) groups excluding carboxylic acids is 3. The molecule has 2 aromatic carbocycles. The molecular weight excluding hydrogens is 462 g/mol. The largest absolute Gasteiger partial charge is 0.342 e. The molecule has 2 aromatic rings. The van der Waals surface area contributed by atoms with Crippen LogP contribution >= 0.6 is 0 Å². The summed E-state index contributed by atoms with van der Waals surface area (Å²) in [6, 6.07) is 15.2. The number of hydrogen-bond acceptors (Lipinski definition) is 6. The number of benzene rings is 2. The molecule has 2 aliphatic heterocycles. The first-order valence-corrected chi connectivity index (χ1v) is 12.2. The van der Waals surface area contributed by atoms with E-state index in [2.05, 4.69) is 4.90 Å². The van der Waals surface area contributed by atoms with E-state index < -0.39 is 10.5 Å². The third kappa shape index (κ3) is 4.62. The zero-order chi connectivity index (χ0) is 25.9. The van der Waals surface area contributed by atoms with E-state index >= 15 is 0 Å². The number of nitro groups is 1. The molecule has 0 bridgehead atoms. The van der Waals surface area contributed by atoms with Crippen LogP contribution in [-0.4, -0.2) is 82.3 Å². The quantitative estimate of drug-likeness (QED) is 0.434. The lowest BCUT2D eigenvalue weighted by molar-refractivity contribution is -0.384. The number of nitrogens with zero attached hydrogens (tertiary/aromatic N) is 5. The topological polar surface area (TPSA) is 107 Å². The fourth-order valence-corrected chi connectivity index (χ4v) is 5.15. The molecule has 0 atom stereocenters. The molecule has 2 heterocycles. The Bertz CT molecular complexity index is 1130. The van der Waals surface area contributed by atoms with Gasteiger partial charge in [0.2, 0.25) is 5.91 Å². The summed E-state index contributed by atoms with van der Waals surface area (Å²) in [6.45, 7) is 6.08. The highest BCUT2D eigenvalue weighted by Gasteiger charge is 2.54. The van der Waals surface area contributed by atoms with Crippen molar-refractivity contribution in [3.63, 3.8) is 0 Å². The number of hydrogen-bond donors (Lipinski definition) is 0. The fourth-order valence-electron chi connectivity index (χ4n) is 5.15. The minimum absolute atomic E-state index is 0.0248. The average Bonchev–Trinajstić information content (AvgIpc) is 3.16. The van der Waals surface area contributed by atoms with Gasteiger partial charge in [-0.15, -0.1) is 0 Å². The van der Waals surface area contributed by atoms with Crippen molar-refractivity contribution < 1.29 is 19.3 Å². The summed E-state index contributed by atoms with van der Waals surface area (Å²) in [4.78, 5) is 57.2. The highest BCUT2D eigenvalue weighted by molar-refractivity contribution is 5.97. The Balaban J connectivity index is 1.54. The number of nitro benzene ring substituents is 1. The minimum atomic E-state index is -0.836. The van der Waals surface area contributed by atoms with E-state index in [1.165, 1.54) is 24.3 Å². The van der Waals surface area contributed by atoms with Gasteiger partial charge < -0.3 is 19.6 Å². The highest BCUT2D eigenvalue weighted by atomic mass is 16.6. The van der Waals surface area contributed by atoms with Crippen molar-refractivity contribution in [3.8, 4) is 0 Å². The van der Waals surface area contributed by atoms with Crippen LogP contribution in [0.15, 0.2) is 54.6 Å². The molecule has 36 heavy (non-hydrogen) atoms. The van der Waals surface area contributed by atoms with Gasteiger partial charge >= 0.3 is 0 Å². The van der Waals surface area contributed by atoms with Crippen LogP contribution in [0, 0.1) is 10.1 Å². The molecule has 0 saturated carbocycles. The third-order valence-electron chi connectivity index (χ3n) is 7.23. The van der Waals surface area contributed by atoms with Crippen molar-refractivity contribution in [1.29, 1.82) is 0 Å². The van der Waals surface area contributed by atoms with Crippen LogP contribution in [0.25, 0.3) is 0 Å². The van der Waals surface area contributed by atoms with Crippen LogP contribution < -0.4 is 4.90 Å². The Morgan fingerprint density at radius 2 is 1.61 bits per heavy atom. The van der Waals surface area contributed by atoms with Crippen LogP contribution in [0.1, 0.15) is 37.0 Å². The summed E-state index contributed by atoms with van der Waals surface area (Å²) in [5, 5.41) is 10.9. The van der Waals surface area contributed by atoms with Gasteiger partial charge in [-0.2, -0.15) is 0 Å². The van der Waals surface area contributed by atoms with E-state index in [0.29, 0.717) is 51.3 Å². The lowest BCUT2D eigenvalue weighted by Crippen LogP contribution is -2.57. The summed E-state index contributed by atoms with van der Waals surface area (Å²) in [6.07, 6.45) is 0.852. The van der Waals surface area contributed by atoms with Crippen LogP contribution in [0.2, 0.25) is 0 Å². The first kappa shape index (κ1) is 25.2. The molecule has 2 fully saturated rings. The SMILES string of the molecule is CCN(CC)C(=O)CN1CN(c2ccccc2)C2(CCN(C(=O)c3ccc([N+](=O)[O-])cc3)CC2)C1=O. The van der Waals surface area contributed by atoms with Gasteiger partial charge in [-0.25, -0.2) is 0 Å². The van der Waals surface area contributed by atoms with Gasteiger partial charge in [-0.3, -0.25) is 24.5 Å². The molecular formula is C26H31N5O5. The molecule has 4 rings (SSSR count). The van der Waals surface area contributed by atoms with Crippen molar-refractivity contribution in [3.05, 3.63) is 70.3 Å². The number of likely N-dealkylation sites (N-methyl/N-ethyl adjacent to an activating group) is 1. The van der Waals surface area contributed by atoms with E-state index in [9.17, 15) is 24.5 Å². The Morgan fingerprint density at radius 1 is 1.00 bits per heavy atom. The fraction of sp³-hybridized carbons (Fsp3) is 0.423. The number of anilines is 1. The second-order valence-electron chi connectivity index (χ2n) is 9.10. The number of likely N-dealkylation sites (tertiary alicyclic amines) is 1. The number of piperidine rings is 1. The maximum atomic E-state index is 13.8.